The van der Waals surface area contributed by atoms with Gasteiger partial charge in [0.15, 0.2) is 0 Å². The van der Waals surface area contributed by atoms with E-state index in [4.69, 9.17) is 0 Å². The van der Waals surface area contributed by atoms with Crippen molar-refractivity contribution in [2.45, 2.75) is 19.1 Å². The summed E-state index contributed by atoms with van der Waals surface area (Å²) >= 11 is 0. The van der Waals surface area contributed by atoms with Crippen molar-refractivity contribution in [2.75, 3.05) is 19.4 Å². The molecule has 9 heteroatoms. The Kier molecular flexibility index (Phi) is 7.36. The fourth-order valence-corrected chi connectivity index (χ4v) is 2.38. The molecular formula is C13H18F2N2O4S. The highest BCUT2D eigenvalue weighted by Crippen LogP contribution is 2.00. The predicted octanol–water partition coefficient (Wildman–Crippen LogP) is 0.502. The molecule has 0 aromatic heterocycles. The Morgan fingerprint density at radius 3 is 2.45 bits per heavy atom. The third kappa shape index (κ3) is 8.01. The normalized spacial score (nSPS) is 13.1. The first-order chi connectivity index (χ1) is 10.3. The monoisotopic (exact) mass is 336 g/mol. The van der Waals surface area contributed by atoms with E-state index in [1.165, 1.54) is 0 Å². The molecular weight excluding hydrogens is 318 g/mol. The quantitative estimate of drug-likeness (QED) is 0.688. The van der Waals surface area contributed by atoms with Crippen LogP contribution in [0.25, 0.3) is 0 Å². The van der Waals surface area contributed by atoms with Crippen LogP contribution >= 0.6 is 0 Å². The van der Waals surface area contributed by atoms with Crippen molar-refractivity contribution in [3.05, 3.63) is 35.9 Å². The predicted molar refractivity (Wildman–Crippen MR) is 76.9 cm³/mol. The highest BCUT2D eigenvalue weighted by Gasteiger charge is 2.23. The van der Waals surface area contributed by atoms with Gasteiger partial charge in [-0.3, -0.25) is 4.79 Å². The largest absolute Gasteiger partial charge is 0.354 e. The number of amides is 1. The average Bonchev–Trinajstić information content (AvgIpc) is 2.43. The molecule has 1 aromatic rings. The van der Waals surface area contributed by atoms with Gasteiger partial charge < -0.3 is 10.1 Å². The molecule has 0 aliphatic heterocycles. The average molecular weight is 336 g/mol. The molecule has 2 N–H and O–H groups in total. The Morgan fingerprint density at radius 1 is 1.27 bits per heavy atom. The second kappa shape index (κ2) is 8.76. The van der Waals surface area contributed by atoms with Crippen LogP contribution in [0.4, 0.5) is 8.78 Å². The minimum absolute atomic E-state index is 0.249. The second-order valence-electron chi connectivity index (χ2n) is 4.56. The number of halogens is 2. The number of rotatable bonds is 9. The van der Waals surface area contributed by atoms with Crippen molar-refractivity contribution in [2.24, 2.45) is 0 Å². The highest BCUT2D eigenvalue weighted by molar-refractivity contribution is 7.88. The SMILES string of the molecule is CS(=O)(=O)NC(COC(F)F)C(=O)NCCc1ccccc1. The Hall–Kier alpha value is -1.58. The zero-order chi connectivity index (χ0) is 16.6. The van der Waals surface area contributed by atoms with Gasteiger partial charge in [0.05, 0.1) is 12.9 Å². The lowest BCUT2D eigenvalue weighted by molar-refractivity contribution is -0.142. The van der Waals surface area contributed by atoms with E-state index in [2.05, 4.69) is 10.1 Å². The Morgan fingerprint density at radius 2 is 1.91 bits per heavy atom. The number of nitrogens with one attached hydrogen (secondary N) is 2. The molecule has 0 saturated heterocycles. The van der Waals surface area contributed by atoms with Crippen LogP contribution in [0.2, 0.25) is 0 Å². The van der Waals surface area contributed by atoms with E-state index in [1.807, 2.05) is 35.1 Å². The van der Waals surface area contributed by atoms with E-state index in [9.17, 15) is 22.0 Å². The molecule has 1 atom stereocenters. The fourth-order valence-electron chi connectivity index (χ4n) is 1.69. The molecule has 1 unspecified atom stereocenters. The molecule has 0 saturated carbocycles. The minimum Gasteiger partial charge on any atom is -0.354 e. The van der Waals surface area contributed by atoms with Crippen LogP contribution in [-0.4, -0.2) is 46.4 Å². The summed E-state index contributed by atoms with van der Waals surface area (Å²) in [6.45, 7) is -3.58. The number of benzene rings is 1. The molecule has 22 heavy (non-hydrogen) atoms. The van der Waals surface area contributed by atoms with E-state index < -0.39 is 35.2 Å². The first-order valence-electron chi connectivity index (χ1n) is 6.46. The molecule has 0 heterocycles. The van der Waals surface area contributed by atoms with Crippen LogP contribution < -0.4 is 10.0 Å². The molecule has 0 aliphatic rings. The maximum atomic E-state index is 12.0. The summed E-state index contributed by atoms with van der Waals surface area (Å²) in [5.74, 6) is -0.720. The van der Waals surface area contributed by atoms with Gasteiger partial charge in [0.2, 0.25) is 15.9 Å². The van der Waals surface area contributed by atoms with Crippen LogP contribution in [-0.2, 0) is 26.0 Å². The van der Waals surface area contributed by atoms with Gasteiger partial charge in [0, 0.05) is 6.54 Å². The zero-order valence-corrected chi connectivity index (χ0v) is 12.8. The molecule has 1 rings (SSSR count). The van der Waals surface area contributed by atoms with Crippen LogP contribution in [0.3, 0.4) is 0 Å². The number of ether oxygens (including phenoxy) is 1. The number of carbonyl (C=O) groups is 1. The Balaban J connectivity index is 2.51. The van der Waals surface area contributed by atoms with E-state index in [1.54, 1.807) is 0 Å². The highest BCUT2D eigenvalue weighted by atomic mass is 32.2. The van der Waals surface area contributed by atoms with Crippen LogP contribution in [0, 0.1) is 0 Å². The summed E-state index contributed by atoms with van der Waals surface area (Å²) < 4.78 is 52.3. The summed E-state index contributed by atoms with van der Waals surface area (Å²) in [4.78, 5) is 11.9. The van der Waals surface area contributed by atoms with Gasteiger partial charge in [-0.25, -0.2) is 13.1 Å². The molecule has 1 aromatic carbocycles. The lowest BCUT2D eigenvalue weighted by Crippen LogP contribution is -2.49. The summed E-state index contributed by atoms with van der Waals surface area (Å²) in [6, 6.07) is 7.90. The molecule has 0 fully saturated rings. The van der Waals surface area contributed by atoms with Gasteiger partial charge in [-0.05, 0) is 12.0 Å². The van der Waals surface area contributed by atoms with E-state index in [-0.39, 0.29) is 6.54 Å². The van der Waals surface area contributed by atoms with Crippen molar-refractivity contribution in [3.63, 3.8) is 0 Å². The Labute approximate surface area is 127 Å². The third-order valence-corrected chi connectivity index (χ3v) is 3.33. The first-order valence-corrected chi connectivity index (χ1v) is 8.36. The molecule has 0 aliphatic carbocycles. The van der Waals surface area contributed by atoms with Gasteiger partial charge in [0.1, 0.15) is 6.04 Å². The molecule has 0 radical (unpaired) electrons. The van der Waals surface area contributed by atoms with E-state index >= 15 is 0 Å². The van der Waals surface area contributed by atoms with E-state index in [0.29, 0.717) is 6.42 Å². The lowest BCUT2D eigenvalue weighted by atomic mass is 10.1. The first kappa shape index (κ1) is 18.5. The van der Waals surface area contributed by atoms with Gasteiger partial charge in [-0.15, -0.1) is 0 Å². The van der Waals surface area contributed by atoms with Crippen molar-refractivity contribution >= 4 is 15.9 Å². The van der Waals surface area contributed by atoms with Crippen molar-refractivity contribution in [1.29, 1.82) is 0 Å². The summed E-state index contributed by atoms with van der Waals surface area (Å²) in [6.07, 6.45) is 1.37. The molecule has 0 bridgehead atoms. The second-order valence-corrected chi connectivity index (χ2v) is 6.34. The van der Waals surface area contributed by atoms with Crippen molar-refractivity contribution in [3.8, 4) is 0 Å². The van der Waals surface area contributed by atoms with Gasteiger partial charge >= 0.3 is 6.61 Å². The van der Waals surface area contributed by atoms with Crippen LogP contribution in [0.15, 0.2) is 30.3 Å². The topological polar surface area (TPSA) is 84.5 Å². The van der Waals surface area contributed by atoms with Gasteiger partial charge in [-0.1, -0.05) is 30.3 Å². The summed E-state index contributed by atoms with van der Waals surface area (Å²) in [5, 5.41) is 2.49. The van der Waals surface area contributed by atoms with Gasteiger partial charge in [-0.2, -0.15) is 8.78 Å². The molecule has 1 amide bonds. The number of alkyl halides is 2. The zero-order valence-electron chi connectivity index (χ0n) is 12.0. The molecule has 0 spiro atoms. The molecule has 6 nitrogen and oxygen atoms in total. The smallest absolute Gasteiger partial charge is 0.345 e. The minimum atomic E-state index is -3.73. The molecule has 124 valence electrons. The maximum Gasteiger partial charge on any atom is 0.345 e. The van der Waals surface area contributed by atoms with Crippen LogP contribution in [0.1, 0.15) is 5.56 Å². The van der Waals surface area contributed by atoms with Crippen molar-refractivity contribution < 1.29 is 26.7 Å². The van der Waals surface area contributed by atoms with Crippen LogP contribution in [0.5, 0.6) is 0 Å². The summed E-state index contributed by atoms with van der Waals surface area (Å²) in [7, 11) is -3.73. The third-order valence-electron chi connectivity index (χ3n) is 2.62. The lowest BCUT2D eigenvalue weighted by Gasteiger charge is -2.17. The summed E-state index contributed by atoms with van der Waals surface area (Å²) in [5.41, 5.74) is 0.985. The standard InChI is InChI=1S/C13H18F2N2O4S/c1-22(19,20)17-11(9-21-13(14)15)12(18)16-8-7-10-5-3-2-4-6-10/h2-6,11,13,17H,7-9H2,1H3,(H,16,18). The number of carbonyl (C=O) groups excluding carboxylic acids is 1. The number of hydrogen-bond acceptors (Lipinski definition) is 4. The Bertz CT molecular complexity index is 567. The fraction of sp³-hybridized carbons (Fsp3) is 0.462. The number of hydrogen-bond donors (Lipinski definition) is 2. The maximum absolute atomic E-state index is 12.0. The van der Waals surface area contributed by atoms with Gasteiger partial charge in [0.25, 0.3) is 0 Å². The number of sulfonamides is 1. The van der Waals surface area contributed by atoms with Crippen molar-refractivity contribution in [1.82, 2.24) is 10.0 Å². The van der Waals surface area contributed by atoms with E-state index in [0.717, 1.165) is 11.8 Å².